The highest BCUT2D eigenvalue weighted by atomic mass is 16.5. The van der Waals surface area contributed by atoms with E-state index in [4.69, 9.17) is 4.74 Å². The predicted molar refractivity (Wildman–Crippen MR) is 143 cm³/mol. The molecule has 1 saturated heterocycles. The number of benzene rings is 2. The molecular formula is C30H42N2O. The van der Waals surface area contributed by atoms with Crippen molar-refractivity contribution in [3.63, 3.8) is 0 Å². The van der Waals surface area contributed by atoms with Gasteiger partial charge in [-0.15, -0.1) is 0 Å². The molecule has 2 atom stereocenters. The molecule has 0 aromatic heterocycles. The van der Waals surface area contributed by atoms with Crippen LogP contribution in [0.4, 0.5) is 0 Å². The Balaban J connectivity index is 1.55. The van der Waals surface area contributed by atoms with Gasteiger partial charge in [-0.25, -0.2) is 0 Å². The highest BCUT2D eigenvalue weighted by molar-refractivity contribution is 5.69. The number of piperazine rings is 1. The van der Waals surface area contributed by atoms with Crippen LogP contribution in [0.2, 0.25) is 0 Å². The molecule has 3 heteroatoms. The van der Waals surface area contributed by atoms with Crippen molar-refractivity contribution >= 4 is 11.6 Å². The molecule has 3 nitrogen and oxygen atoms in total. The Morgan fingerprint density at radius 2 is 1.61 bits per heavy atom. The van der Waals surface area contributed by atoms with Gasteiger partial charge in [0.1, 0.15) is 0 Å². The van der Waals surface area contributed by atoms with E-state index in [0.717, 1.165) is 45.7 Å². The SMILES string of the molecule is C=C(c1cc(C)c(C)cc1C)C(CC)C(CN1CCN(C/C=C/c2ccccc2)CC1)OC. The Bertz CT molecular complexity index is 926. The standard InChI is InChI=1S/C30H42N2O/c1-7-28(26(5)29-21-24(3)23(2)20-25(29)4)30(33-6)22-32-18-16-31(17-19-32)15-11-14-27-12-9-8-10-13-27/h8-14,20-21,28,30H,5,7,15-19,22H2,1-4,6H3/b14-11+. The third-order valence-corrected chi connectivity index (χ3v) is 7.20. The minimum absolute atomic E-state index is 0.160. The fourth-order valence-corrected chi connectivity index (χ4v) is 4.92. The Morgan fingerprint density at radius 3 is 2.24 bits per heavy atom. The van der Waals surface area contributed by atoms with E-state index < -0.39 is 0 Å². The van der Waals surface area contributed by atoms with Crippen LogP contribution in [0.5, 0.6) is 0 Å². The molecule has 2 aromatic rings. The first-order chi connectivity index (χ1) is 15.9. The number of methoxy groups -OCH3 is 1. The lowest BCUT2D eigenvalue weighted by Gasteiger charge is -2.38. The molecule has 1 aliphatic heterocycles. The molecule has 0 saturated carbocycles. The zero-order chi connectivity index (χ0) is 23.8. The lowest BCUT2D eigenvalue weighted by molar-refractivity contribution is 0.0229. The molecule has 0 spiro atoms. The summed E-state index contributed by atoms with van der Waals surface area (Å²) in [6.07, 6.45) is 5.70. The summed E-state index contributed by atoms with van der Waals surface area (Å²) in [7, 11) is 1.86. The summed E-state index contributed by atoms with van der Waals surface area (Å²) in [5, 5.41) is 0. The summed E-state index contributed by atoms with van der Waals surface area (Å²) in [5.74, 6) is 0.322. The molecule has 1 aliphatic rings. The van der Waals surface area contributed by atoms with Crippen LogP contribution in [0.1, 0.15) is 41.2 Å². The first kappa shape index (κ1) is 25.4. The van der Waals surface area contributed by atoms with Crippen LogP contribution in [-0.4, -0.2) is 62.3 Å². The molecule has 33 heavy (non-hydrogen) atoms. The normalized spacial score (nSPS) is 17.4. The average Bonchev–Trinajstić information content (AvgIpc) is 2.82. The zero-order valence-electron chi connectivity index (χ0n) is 21.3. The maximum atomic E-state index is 6.06. The highest BCUT2D eigenvalue weighted by Crippen LogP contribution is 2.32. The molecule has 1 fully saturated rings. The number of hydrogen-bond donors (Lipinski definition) is 0. The molecule has 2 aromatic carbocycles. The van der Waals surface area contributed by atoms with Gasteiger partial charge < -0.3 is 4.74 Å². The smallest absolute Gasteiger partial charge is 0.0766 e. The summed E-state index contributed by atoms with van der Waals surface area (Å²) in [6, 6.07) is 15.1. The molecule has 1 heterocycles. The van der Waals surface area contributed by atoms with E-state index in [0.29, 0.717) is 5.92 Å². The number of nitrogens with zero attached hydrogens (tertiary/aromatic N) is 2. The second-order valence-corrected chi connectivity index (χ2v) is 9.48. The van der Waals surface area contributed by atoms with Gasteiger partial charge in [-0.3, -0.25) is 9.80 Å². The van der Waals surface area contributed by atoms with Gasteiger partial charge in [0.25, 0.3) is 0 Å². The molecule has 178 valence electrons. The minimum Gasteiger partial charge on any atom is -0.379 e. The Morgan fingerprint density at radius 1 is 0.970 bits per heavy atom. The maximum Gasteiger partial charge on any atom is 0.0766 e. The van der Waals surface area contributed by atoms with E-state index in [1.807, 2.05) is 7.11 Å². The van der Waals surface area contributed by atoms with Gasteiger partial charge >= 0.3 is 0 Å². The molecule has 0 radical (unpaired) electrons. The summed E-state index contributed by atoms with van der Waals surface area (Å²) in [5.41, 5.74) is 7.77. The van der Waals surface area contributed by atoms with E-state index in [1.54, 1.807) is 0 Å². The highest BCUT2D eigenvalue weighted by Gasteiger charge is 2.27. The van der Waals surface area contributed by atoms with Gasteiger partial charge in [-0.05, 0) is 60.6 Å². The Kier molecular flexibility index (Phi) is 9.49. The van der Waals surface area contributed by atoms with Crippen molar-refractivity contribution in [2.75, 3.05) is 46.4 Å². The zero-order valence-corrected chi connectivity index (χ0v) is 21.3. The molecule has 0 N–H and O–H groups in total. The van der Waals surface area contributed by atoms with E-state index in [9.17, 15) is 0 Å². The third-order valence-electron chi connectivity index (χ3n) is 7.20. The lowest BCUT2D eigenvalue weighted by Crippen LogP contribution is -2.49. The summed E-state index contributed by atoms with van der Waals surface area (Å²) in [4.78, 5) is 5.10. The van der Waals surface area contributed by atoms with Crippen molar-refractivity contribution in [3.8, 4) is 0 Å². The van der Waals surface area contributed by atoms with Gasteiger partial charge in [0.2, 0.25) is 0 Å². The second-order valence-electron chi connectivity index (χ2n) is 9.48. The van der Waals surface area contributed by atoms with Gasteiger partial charge in [0.15, 0.2) is 0 Å². The van der Waals surface area contributed by atoms with Crippen LogP contribution < -0.4 is 0 Å². The van der Waals surface area contributed by atoms with Crippen LogP contribution in [0.25, 0.3) is 11.6 Å². The van der Waals surface area contributed by atoms with Gasteiger partial charge in [-0.1, -0.05) is 68.1 Å². The fraction of sp³-hybridized carbons (Fsp3) is 0.467. The number of ether oxygens (including phenoxy) is 1. The largest absolute Gasteiger partial charge is 0.379 e. The van der Waals surface area contributed by atoms with Crippen LogP contribution in [0.3, 0.4) is 0 Å². The Labute approximate surface area is 201 Å². The topological polar surface area (TPSA) is 15.7 Å². The molecule has 0 aliphatic carbocycles. The maximum absolute atomic E-state index is 6.06. The van der Waals surface area contributed by atoms with Crippen molar-refractivity contribution < 1.29 is 4.74 Å². The van der Waals surface area contributed by atoms with E-state index in [-0.39, 0.29) is 6.10 Å². The van der Waals surface area contributed by atoms with Crippen LogP contribution >= 0.6 is 0 Å². The molecule has 0 bridgehead atoms. The minimum atomic E-state index is 0.160. The molecule has 0 amide bonds. The van der Waals surface area contributed by atoms with E-state index in [2.05, 4.69) is 98.7 Å². The lowest BCUT2D eigenvalue weighted by atomic mass is 9.84. The molecule has 2 unspecified atom stereocenters. The van der Waals surface area contributed by atoms with Crippen LogP contribution in [0, 0.1) is 26.7 Å². The second kappa shape index (κ2) is 12.3. The first-order valence-corrected chi connectivity index (χ1v) is 12.4. The van der Waals surface area contributed by atoms with Gasteiger partial charge in [0, 0.05) is 52.3 Å². The third kappa shape index (κ3) is 6.89. The number of hydrogen-bond acceptors (Lipinski definition) is 3. The summed E-state index contributed by atoms with van der Waals surface area (Å²) < 4.78 is 6.06. The number of rotatable bonds is 10. The van der Waals surface area contributed by atoms with Crippen LogP contribution in [0.15, 0.2) is 55.1 Å². The number of aryl methyl sites for hydroxylation is 3. The van der Waals surface area contributed by atoms with Gasteiger partial charge in [0.05, 0.1) is 6.10 Å². The van der Waals surface area contributed by atoms with Crippen molar-refractivity contribution in [2.45, 2.75) is 40.2 Å². The van der Waals surface area contributed by atoms with E-state index in [1.165, 1.54) is 33.4 Å². The van der Waals surface area contributed by atoms with Crippen molar-refractivity contribution in [1.29, 1.82) is 0 Å². The average molecular weight is 447 g/mol. The Hall–Kier alpha value is -2.20. The van der Waals surface area contributed by atoms with Gasteiger partial charge in [-0.2, -0.15) is 0 Å². The monoisotopic (exact) mass is 446 g/mol. The fourth-order valence-electron chi connectivity index (χ4n) is 4.92. The summed E-state index contributed by atoms with van der Waals surface area (Å²) >= 11 is 0. The first-order valence-electron chi connectivity index (χ1n) is 12.4. The summed E-state index contributed by atoms with van der Waals surface area (Å²) in [6.45, 7) is 19.7. The van der Waals surface area contributed by atoms with E-state index >= 15 is 0 Å². The molecular weight excluding hydrogens is 404 g/mol. The van der Waals surface area contributed by atoms with Crippen LogP contribution in [-0.2, 0) is 4.74 Å². The van der Waals surface area contributed by atoms with Crippen molar-refractivity contribution in [2.24, 2.45) is 5.92 Å². The van der Waals surface area contributed by atoms with Crippen molar-refractivity contribution in [1.82, 2.24) is 9.80 Å². The quantitative estimate of drug-likeness (QED) is 0.445. The predicted octanol–water partition coefficient (Wildman–Crippen LogP) is 6.00. The van der Waals surface area contributed by atoms with Crippen molar-refractivity contribution in [3.05, 3.63) is 82.9 Å². The molecule has 3 rings (SSSR count).